The molecule has 156 valence electrons. The summed E-state index contributed by atoms with van der Waals surface area (Å²) in [5.74, 6) is 0.485. The number of anilines is 1. The van der Waals surface area contributed by atoms with Crippen molar-refractivity contribution in [2.45, 2.75) is 11.4 Å². The molecule has 3 aromatic rings. The molecule has 0 spiro atoms. The van der Waals surface area contributed by atoms with Crippen LogP contribution in [0.3, 0.4) is 0 Å². The Kier molecular flexibility index (Phi) is 6.42. The number of carbonyl (C=O) groups is 1. The molecule has 0 bridgehead atoms. The van der Waals surface area contributed by atoms with Crippen molar-refractivity contribution in [2.75, 3.05) is 25.5 Å². The Morgan fingerprint density at radius 3 is 2.20 bits per heavy atom. The predicted octanol–water partition coefficient (Wildman–Crippen LogP) is 3.79. The van der Waals surface area contributed by atoms with E-state index in [-0.39, 0.29) is 10.8 Å². The van der Waals surface area contributed by atoms with Crippen molar-refractivity contribution in [1.82, 2.24) is 4.90 Å². The summed E-state index contributed by atoms with van der Waals surface area (Å²) in [4.78, 5) is 14.5. The van der Waals surface area contributed by atoms with Gasteiger partial charge in [-0.1, -0.05) is 36.4 Å². The van der Waals surface area contributed by atoms with Crippen LogP contribution in [0.15, 0.2) is 83.8 Å². The number of sulfonamides is 1. The first-order chi connectivity index (χ1) is 14.3. The molecule has 0 saturated carbocycles. The van der Waals surface area contributed by atoms with E-state index in [9.17, 15) is 13.2 Å². The van der Waals surface area contributed by atoms with Gasteiger partial charge < -0.3 is 9.64 Å². The largest absolute Gasteiger partial charge is 0.497 e. The van der Waals surface area contributed by atoms with Gasteiger partial charge >= 0.3 is 0 Å². The molecule has 0 aliphatic carbocycles. The Bertz CT molecular complexity index is 1110. The number of hydrogen-bond donors (Lipinski definition) is 0. The molecule has 0 aliphatic heterocycles. The lowest BCUT2D eigenvalue weighted by Gasteiger charge is -2.21. The van der Waals surface area contributed by atoms with Gasteiger partial charge in [0, 0.05) is 26.2 Å². The maximum absolute atomic E-state index is 13.0. The first-order valence-corrected chi connectivity index (χ1v) is 10.8. The number of amides is 1. The fourth-order valence-electron chi connectivity index (χ4n) is 3.02. The Morgan fingerprint density at radius 2 is 1.57 bits per heavy atom. The number of benzene rings is 3. The SMILES string of the molecule is COc1ccc(CN(C)C(=O)c2cccc(S(=O)(=O)N(C)c3ccccc3)c2)cc1. The molecular weight excluding hydrogens is 400 g/mol. The van der Waals surface area contributed by atoms with Crippen LogP contribution in [0.25, 0.3) is 0 Å². The summed E-state index contributed by atoms with van der Waals surface area (Å²) in [5.41, 5.74) is 1.80. The lowest BCUT2D eigenvalue weighted by Crippen LogP contribution is -2.28. The Balaban J connectivity index is 1.80. The standard InChI is InChI=1S/C23H24N2O4S/c1-24(17-18-12-14-21(29-3)15-13-18)23(26)19-8-7-11-22(16-19)30(27,28)25(2)20-9-5-4-6-10-20/h4-16H,17H2,1-3H3. The Labute approximate surface area is 177 Å². The Hall–Kier alpha value is -3.32. The molecule has 0 aliphatic rings. The van der Waals surface area contributed by atoms with Crippen molar-refractivity contribution in [2.24, 2.45) is 0 Å². The second kappa shape index (κ2) is 9.00. The third-order valence-corrected chi connectivity index (χ3v) is 6.57. The second-order valence-corrected chi connectivity index (χ2v) is 8.81. The fourth-order valence-corrected chi connectivity index (χ4v) is 4.26. The fraction of sp³-hybridized carbons (Fsp3) is 0.174. The van der Waals surface area contributed by atoms with Crippen LogP contribution in [-0.2, 0) is 16.6 Å². The van der Waals surface area contributed by atoms with Gasteiger partial charge in [-0.25, -0.2) is 8.42 Å². The van der Waals surface area contributed by atoms with E-state index in [2.05, 4.69) is 0 Å². The number of para-hydroxylation sites is 1. The minimum atomic E-state index is -3.79. The predicted molar refractivity (Wildman–Crippen MR) is 117 cm³/mol. The third kappa shape index (κ3) is 4.63. The molecule has 0 fully saturated rings. The van der Waals surface area contributed by atoms with Gasteiger partial charge in [-0.2, -0.15) is 0 Å². The van der Waals surface area contributed by atoms with Gasteiger partial charge in [0.25, 0.3) is 15.9 Å². The van der Waals surface area contributed by atoms with Crippen molar-refractivity contribution < 1.29 is 17.9 Å². The van der Waals surface area contributed by atoms with E-state index in [0.29, 0.717) is 17.8 Å². The number of nitrogens with zero attached hydrogens (tertiary/aromatic N) is 2. The van der Waals surface area contributed by atoms with Gasteiger partial charge in [0.05, 0.1) is 17.7 Å². The lowest BCUT2D eigenvalue weighted by atomic mass is 10.1. The van der Waals surface area contributed by atoms with Crippen LogP contribution in [-0.4, -0.2) is 40.4 Å². The zero-order valence-electron chi connectivity index (χ0n) is 17.1. The highest BCUT2D eigenvalue weighted by atomic mass is 32.2. The maximum atomic E-state index is 13.0. The van der Waals surface area contributed by atoms with Crippen LogP contribution in [0.2, 0.25) is 0 Å². The zero-order chi connectivity index (χ0) is 21.7. The molecule has 0 aromatic heterocycles. The smallest absolute Gasteiger partial charge is 0.264 e. The molecular formula is C23H24N2O4S. The first-order valence-electron chi connectivity index (χ1n) is 9.35. The van der Waals surface area contributed by atoms with Gasteiger partial charge in [0.1, 0.15) is 5.75 Å². The van der Waals surface area contributed by atoms with Crippen LogP contribution in [0.5, 0.6) is 5.75 Å². The molecule has 0 unspecified atom stereocenters. The van der Waals surface area contributed by atoms with Gasteiger partial charge in [0.15, 0.2) is 0 Å². The third-order valence-electron chi connectivity index (χ3n) is 4.78. The van der Waals surface area contributed by atoms with Crippen LogP contribution in [0.1, 0.15) is 15.9 Å². The highest BCUT2D eigenvalue weighted by Gasteiger charge is 2.23. The topological polar surface area (TPSA) is 66.9 Å². The first kappa shape index (κ1) is 21.4. The number of hydrogen-bond acceptors (Lipinski definition) is 4. The van der Waals surface area contributed by atoms with Crippen LogP contribution in [0, 0.1) is 0 Å². The van der Waals surface area contributed by atoms with E-state index >= 15 is 0 Å². The van der Waals surface area contributed by atoms with E-state index in [0.717, 1.165) is 11.3 Å². The molecule has 7 heteroatoms. The van der Waals surface area contributed by atoms with Crippen molar-refractivity contribution in [1.29, 1.82) is 0 Å². The van der Waals surface area contributed by atoms with Crippen LogP contribution < -0.4 is 9.04 Å². The summed E-state index contributed by atoms with van der Waals surface area (Å²) >= 11 is 0. The number of methoxy groups -OCH3 is 1. The monoisotopic (exact) mass is 424 g/mol. The molecule has 0 saturated heterocycles. The average molecular weight is 425 g/mol. The van der Waals surface area contributed by atoms with E-state index in [1.54, 1.807) is 55.5 Å². The molecule has 30 heavy (non-hydrogen) atoms. The summed E-state index contributed by atoms with van der Waals surface area (Å²) in [7, 11) is 0.986. The quantitative estimate of drug-likeness (QED) is 0.579. The van der Waals surface area contributed by atoms with Crippen LogP contribution >= 0.6 is 0 Å². The molecule has 6 nitrogen and oxygen atoms in total. The summed E-state index contributed by atoms with van der Waals surface area (Å²) in [5, 5.41) is 0. The van der Waals surface area contributed by atoms with E-state index in [1.165, 1.54) is 23.5 Å². The highest BCUT2D eigenvalue weighted by Crippen LogP contribution is 2.23. The molecule has 0 radical (unpaired) electrons. The van der Waals surface area contributed by atoms with Gasteiger partial charge in [-0.15, -0.1) is 0 Å². The summed E-state index contributed by atoms with van der Waals surface area (Å²) < 4.78 is 32.4. The summed E-state index contributed by atoms with van der Waals surface area (Å²) in [6.07, 6.45) is 0. The second-order valence-electron chi connectivity index (χ2n) is 6.85. The number of carbonyl (C=O) groups excluding carboxylic acids is 1. The highest BCUT2D eigenvalue weighted by molar-refractivity contribution is 7.92. The number of rotatable bonds is 7. The van der Waals surface area contributed by atoms with Crippen molar-refractivity contribution in [3.63, 3.8) is 0 Å². The number of ether oxygens (including phenoxy) is 1. The van der Waals surface area contributed by atoms with Crippen molar-refractivity contribution in [3.8, 4) is 5.75 Å². The summed E-state index contributed by atoms with van der Waals surface area (Å²) in [6, 6.07) is 22.4. The molecule has 0 N–H and O–H groups in total. The van der Waals surface area contributed by atoms with Gasteiger partial charge in [-0.3, -0.25) is 9.10 Å². The maximum Gasteiger partial charge on any atom is 0.264 e. The zero-order valence-corrected chi connectivity index (χ0v) is 18.0. The van der Waals surface area contributed by atoms with E-state index in [1.807, 2.05) is 30.3 Å². The summed E-state index contributed by atoms with van der Waals surface area (Å²) in [6.45, 7) is 0.393. The van der Waals surface area contributed by atoms with Gasteiger partial charge in [0.2, 0.25) is 0 Å². The minimum absolute atomic E-state index is 0.0672. The van der Waals surface area contributed by atoms with Gasteiger partial charge in [-0.05, 0) is 48.0 Å². The van der Waals surface area contributed by atoms with Crippen LogP contribution in [0.4, 0.5) is 5.69 Å². The molecule has 0 atom stereocenters. The molecule has 1 amide bonds. The molecule has 3 rings (SSSR count). The lowest BCUT2D eigenvalue weighted by molar-refractivity contribution is 0.0785. The van der Waals surface area contributed by atoms with E-state index < -0.39 is 10.0 Å². The molecule has 3 aromatic carbocycles. The van der Waals surface area contributed by atoms with E-state index in [4.69, 9.17) is 4.74 Å². The Morgan fingerprint density at radius 1 is 0.900 bits per heavy atom. The van der Waals surface area contributed by atoms with Crippen molar-refractivity contribution in [3.05, 3.63) is 90.0 Å². The van der Waals surface area contributed by atoms with Crippen molar-refractivity contribution >= 4 is 21.6 Å². The average Bonchev–Trinajstić information content (AvgIpc) is 2.79. The molecule has 0 heterocycles. The minimum Gasteiger partial charge on any atom is -0.497 e. The normalized spacial score (nSPS) is 11.0.